The van der Waals surface area contributed by atoms with E-state index in [0.717, 1.165) is 0 Å². The third-order valence-electron chi connectivity index (χ3n) is 2.39. The van der Waals surface area contributed by atoms with Gasteiger partial charge in [-0.2, -0.15) is 0 Å². The molecule has 0 bridgehead atoms. The van der Waals surface area contributed by atoms with E-state index in [0.29, 0.717) is 24.3 Å². The van der Waals surface area contributed by atoms with Crippen molar-refractivity contribution in [1.29, 1.82) is 0 Å². The van der Waals surface area contributed by atoms with Gasteiger partial charge >= 0.3 is 0 Å². The van der Waals surface area contributed by atoms with Crippen LogP contribution in [0.3, 0.4) is 0 Å². The predicted octanol–water partition coefficient (Wildman–Crippen LogP) is 1.79. The molecule has 0 unspecified atom stereocenters. The van der Waals surface area contributed by atoms with Crippen molar-refractivity contribution in [2.45, 2.75) is 13.8 Å². The number of rotatable bonds is 4. The van der Waals surface area contributed by atoms with Crippen LogP contribution in [0.1, 0.15) is 34.6 Å². The normalized spacial score (nSPS) is 9.55. The summed E-state index contributed by atoms with van der Waals surface area (Å²) in [6.07, 6.45) is 0. The van der Waals surface area contributed by atoms with Gasteiger partial charge in [-0.25, -0.2) is 0 Å². The maximum atomic E-state index is 11.9. The molecule has 8 heteroatoms. The smallest absolute Gasteiger partial charge is 0.263 e. The maximum absolute atomic E-state index is 11.9. The van der Waals surface area contributed by atoms with Gasteiger partial charge in [-0.05, 0) is 62.5 Å². The van der Waals surface area contributed by atoms with Gasteiger partial charge in [-0.1, -0.05) is 0 Å². The molecule has 1 rings (SSSR count). The van der Waals surface area contributed by atoms with Crippen LogP contribution in [0, 0.1) is 0 Å². The van der Waals surface area contributed by atoms with Crippen LogP contribution in [0.25, 0.3) is 0 Å². The number of nitrogens with one attached hydrogen (secondary N) is 2. The number of carbonyl (C=O) groups is 2. The largest absolute Gasteiger partial charge is 0.471 e. The summed E-state index contributed by atoms with van der Waals surface area (Å²) in [6.45, 7) is 4.27. The molecule has 0 saturated heterocycles. The Hall–Kier alpha value is -2.06. The molecule has 1 aromatic rings. The zero-order valence-electron chi connectivity index (χ0n) is 12.2. The van der Waals surface area contributed by atoms with Crippen molar-refractivity contribution < 1.29 is 19.1 Å². The summed E-state index contributed by atoms with van der Waals surface area (Å²) >= 11 is 9.64. The summed E-state index contributed by atoms with van der Waals surface area (Å²) < 4.78 is 9.94. The molecule has 0 atom stereocenters. The van der Waals surface area contributed by atoms with Crippen molar-refractivity contribution in [3.63, 3.8) is 0 Å². The summed E-state index contributed by atoms with van der Waals surface area (Å²) in [6, 6.07) is 6.01. The first-order valence-corrected chi connectivity index (χ1v) is 7.35. The van der Waals surface area contributed by atoms with E-state index in [9.17, 15) is 9.59 Å². The first-order chi connectivity index (χ1) is 10.5. The molecule has 6 nitrogen and oxygen atoms in total. The molecule has 0 heterocycles. The molecule has 2 amide bonds. The third kappa shape index (κ3) is 5.74. The van der Waals surface area contributed by atoms with Gasteiger partial charge in [0.25, 0.3) is 22.2 Å². The van der Waals surface area contributed by atoms with E-state index >= 15 is 0 Å². The van der Waals surface area contributed by atoms with Crippen LogP contribution in [0.5, 0.6) is 0 Å². The number of ether oxygens (including phenoxy) is 2. The summed E-state index contributed by atoms with van der Waals surface area (Å²) in [5.41, 5.74) is 0.706. The molecule has 0 aliphatic carbocycles. The number of benzene rings is 1. The highest BCUT2D eigenvalue weighted by molar-refractivity contribution is 7.80. The van der Waals surface area contributed by atoms with Crippen molar-refractivity contribution in [2.75, 3.05) is 13.2 Å². The van der Waals surface area contributed by atoms with Gasteiger partial charge in [0, 0.05) is 11.1 Å². The maximum Gasteiger partial charge on any atom is 0.263 e. The van der Waals surface area contributed by atoms with Crippen molar-refractivity contribution in [3.8, 4) is 0 Å². The Bertz CT molecular complexity index is 522. The molecule has 0 aliphatic rings. The highest BCUT2D eigenvalue weighted by atomic mass is 32.1. The molecule has 118 valence electrons. The molecule has 0 aliphatic heterocycles. The summed E-state index contributed by atoms with van der Waals surface area (Å²) in [4.78, 5) is 23.7. The second-order valence-corrected chi connectivity index (χ2v) is 4.67. The first-order valence-electron chi connectivity index (χ1n) is 6.54. The summed E-state index contributed by atoms with van der Waals surface area (Å²) in [7, 11) is 0. The zero-order valence-corrected chi connectivity index (χ0v) is 13.8. The Morgan fingerprint density at radius 3 is 1.45 bits per heavy atom. The van der Waals surface area contributed by atoms with Gasteiger partial charge in [0.2, 0.25) is 0 Å². The van der Waals surface area contributed by atoms with Gasteiger partial charge in [-0.15, -0.1) is 0 Å². The number of amides is 2. The molecule has 0 aromatic heterocycles. The lowest BCUT2D eigenvalue weighted by Gasteiger charge is -2.08. The fourth-order valence-electron chi connectivity index (χ4n) is 1.44. The molecule has 0 fully saturated rings. The second kappa shape index (κ2) is 9.06. The highest BCUT2D eigenvalue weighted by Gasteiger charge is 2.11. The van der Waals surface area contributed by atoms with Gasteiger partial charge < -0.3 is 9.47 Å². The van der Waals surface area contributed by atoms with Gasteiger partial charge in [0.1, 0.15) is 0 Å². The van der Waals surface area contributed by atoms with Gasteiger partial charge in [0.15, 0.2) is 0 Å². The zero-order chi connectivity index (χ0) is 16.5. The minimum atomic E-state index is -0.407. The van der Waals surface area contributed by atoms with Crippen molar-refractivity contribution in [1.82, 2.24) is 10.6 Å². The number of hydrogen-bond donors (Lipinski definition) is 2. The van der Waals surface area contributed by atoms with Gasteiger partial charge in [0.05, 0.1) is 13.2 Å². The lowest BCUT2D eigenvalue weighted by Crippen LogP contribution is -2.31. The van der Waals surface area contributed by atoms with Crippen LogP contribution in [0.15, 0.2) is 24.3 Å². The minimum Gasteiger partial charge on any atom is -0.471 e. The van der Waals surface area contributed by atoms with Crippen molar-refractivity contribution in [2.24, 2.45) is 0 Å². The number of hydrogen-bond acceptors (Lipinski definition) is 6. The monoisotopic (exact) mass is 340 g/mol. The fourth-order valence-corrected chi connectivity index (χ4v) is 1.86. The molecule has 0 spiro atoms. The molecular formula is C14H16N2O4S2. The molecule has 0 saturated carbocycles. The Kier molecular flexibility index (Phi) is 7.41. The topological polar surface area (TPSA) is 76.7 Å². The van der Waals surface area contributed by atoms with Gasteiger partial charge in [-0.3, -0.25) is 20.2 Å². The van der Waals surface area contributed by atoms with E-state index in [2.05, 4.69) is 10.6 Å². The van der Waals surface area contributed by atoms with E-state index in [1.165, 1.54) is 24.3 Å². The van der Waals surface area contributed by atoms with E-state index in [-0.39, 0.29) is 10.3 Å². The summed E-state index contributed by atoms with van der Waals surface area (Å²) in [5, 5.41) is 4.87. The van der Waals surface area contributed by atoms with E-state index in [1.54, 1.807) is 13.8 Å². The minimum absolute atomic E-state index is 0.0105. The van der Waals surface area contributed by atoms with Crippen LogP contribution in [-0.2, 0) is 9.47 Å². The quantitative estimate of drug-likeness (QED) is 0.814. The lowest BCUT2D eigenvalue weighted by atomic mass is 10.1. The van der Waals surface area contributed by atoms with Crippen molar-refractivity contribution in [3.05, 3.63) is 35.4 Å². The lowest BCUT2D eigenvalue weighted by molar-refractivity contribution is 0.0955. The van der Waals surface area contributed by atoms with Crippen LogP contribution in [0.2, 0.25) is 0 Å². The Balaban J connectivity index is 2.66. The average Bonchev–Trinajstić information content (AvgIpc) is 2.47. The van der Waals surface area contributed by atoms with Crippen LogP contribution >= 0.6 is 24.4 Å². The SMILES string of the molecule is CCOC(=S)NC(=O)c1ccc(C(=O)NC(=S)OCC)cc1. The molecular weight excluding hydrogens is 324 g/mol. The third-order valence-corrected chi connectivity index (χ3v) is 2.83. The first kappa shape index (κ1) is 18.0. The molecule has 0 radical (unpaired) electrons. The van der Waals surface area contributed by atoms with Crippen LogP contribution < -0.4 is 10.6 Å². The second-order valence-electron chi connectivity index (χ2n) is 3.93. The fraction of sp³-hybridized carbons (Fsp3) is 0.286. The Labute approximate surface area is 139 Å². The van der Waals surface area contributed by atoms with Crippen LogP contribution in [0.4, 0.5) is 0 Å². The number of carbonyl (C=O) groups excluding carboxylic acids is 2. The predicted molar refractivity (Wildman–Crippen MR) is 89.8 cm³/mol. The molecule has 2 N–H and O–H groups in total. The summed E-state index contributed by atoms with van der Waals surface area (Å²) in [5.74, 6) is -0.814. The standard InChI is InChI=1S/C14H16N2O4S2/c1-3-19-13(21)15-11(17)9-5-7-10(8-6-9)12(18)16-14(22)20-4-2/h5-8H,3-4H2,1-2H3,(H,15,17,21)(H,16,18,22). The van der Waals surface area contributed by atoms with E-state index in [1.807, 2.05) is 0 Å². The number of thiocarbonyl (C=S) groups is 2. The highest BCUT2D eigenvalue weighted by Crippen LogP contribution is 2.05. The van der Waals surface area contributed by atoms with Crippen LogP contribution in [-0.4, -0.2) is 35.4 Å². The molecule has 22 heavy (non-hydrogen) atoms. The molecule has 1 aromatic carbocycles. The average molecular weight is 340 g/mol. The van der Waals surface area contributed by atoms with E-state index < -0.39 is 11.8 Å². The van der Waals surface area contributed by atoms with Crippen molar-refractivity contribution >= 4 is 46.6 Å². The Morgan fingerprint density at radius 2 is 1.18 bits per heavy atom. The van der Waals surface area contributed by atoms with E-state index in [4.69, 9.17) is 33.9 Å². The Morgan fingerprint density at radius 1 is 0.864 bits per heavy atom.